The average Bonchev–Trinajstić information content (AvgIpc) is 2.64. The number of para-hydroxylation sites is 2. The average molecular weight is 419 g/mol. The van der Waals surface area contributed by atoms with E-state index in [1.54, 1.807) is 30.9 Å². The van der Waals surface area contributed by atoms with E-state index >= 15 is 0 Å². The van der Waals surface area contributed by atoms with Gasteiger partial charge in [0, 0.05) is 0 Å². The number of hydrogen-bond donors (Lipinski definition) is 1. The van der Waals surface area contributed by atoms with Crippen molar-refractivity contribution in [2.45, 2.75) is 44.2 Å². The Labute approximate surface area is 171 Å². The predicted molar refractivity (Wildman–Crippen MR) is 112 cm³/mol. The number of nitrogens with zero attached hydrogens (tertiary/aromatic N) is 1. The van der Waals surface area contributed by atoms with Crippen LogP contribution in [0.1, 0.15) is 27.7 Å². The van der Waals surface area contributed by atoms with Crippen LogP contribution in [0, 0.1) is 0 Å². The molecule has 1 N–H and O–H groups in total. The van der Waals surface area contributed by atoms with Crippen LogP contribution in [0.2, 0.25) is 0 Å². The zero-order chi connectivity index (χ0) is 21.2. The summed E-state index contributed by atoms with van der Waals surface area (Å²) >= 11 is 0. The van der Waals surface area contributed by atoms with E-state index in [1.807, 2.05) is 38.1 Å². The van der Waals surface area contributed by atoms with Crippen molar-refractivity contribution in [3.05, 3.63) is 48.5 Å². The van der Waals surface area contributed by atoms with Gasteiger partial charge in [0.05, 0.1) is 35.5 Å². The summed E-state index contributed by atoms with van der Waals surface area (Å²) < 4.78 is 35.7. The summed E-state index contributed by atoms with van der Waals surface area (Å²) in [5.74, 6) is 0.441. The Kier molecular flexibility index (Phi) is 5.86. The fourth-order valence-corrected chi connectivity index (χ4v) is 4.04. The molecule has 156 valence electrons. The highest BCUT2D eigenvalue weighted by atomic mass is 32.2. The number of nitrogens with one attached hydrogen (secondary N) is 1. The Morgan fingerprint density at radius 2 is 1.72 bits per heavy atom. The molecule has 3 rings (SSSR count). The van der Waals surface area contributed by atoms with E-state index in [1.165, 1.54) is 12.1 Å². The summed E-state index contributed by atoms with van der Waals surface area (Å²) in [6.45, 7) is 7.33. The predicted octanol–water partition coefficient (Wildman–Crippen LogP) is 3.42. The van der Waals surface area contributed by atoms with E-state index in [-0.39, 0.29) is 30.1 Å². The Hall–Kier alpha value is -2.58. The van der Waals surface area contributed by atoms with Crippen LogP contribution in [-0.2, 0) is 19.1 Å². The van der Waals surface area contributed by atoms with Crippen LogP contribution < -0.4 is 15.0 Å². The van der Waals surface area contributed by atoms with Gasteiger partial charge in [-0.15, -0.1) is 0 Å². The number of amides is 1. The second-order valence-electron chi connectivity index (χ2n) is 7.64. The fourth-order valence-electron chi connectivity index (χ4n) is 3.14. The molecule has 29 heavy (non-hydrogen) atoms. The smallest absolute Gasteiger partial charge is 0.297 e. The first kappa shape index (κ1) is 21.1. The Morgan fingerprint density at radius 3 is 2.38 bits per heavy atom. The maximum absolute atomic E-state index is 12.8. The van der Waals surface area contributed by atoms with Crippen molar-refractivity contribution in [3.8, 4) is 5.75 Å². The van der Waals surface area contributed by atoms with Crippen LogP contribution in [0.4, 0.5) is 11.4 Å². The van der Waals surface area contributed by atoms with E-state index in [4.69, 9.17) is 8.92 Å². The molecule has 7 nitrogen and oxygen atoms in total. The summed E-state index contributed by atoms with van der Waals surface area (Å²) in [5, 5.41) is 3.21. The maximum atomic E-state index is 12.8. The molecule has 2 aromatic carbocycles. The number of anilines is 2. The van der Waals surface area contributed by atoms with Crippen molar-refractivity contribution in [3.63, 3.8) is 0 Å². The van der Waals surface area contributed by atoms with Gasteiger partial charge in [-0.05, 0) is 64.1 Å². The highest BCUT2D eigenvalue weighted by Gasteiger charge is 2.38. The molecule has 0 unspecified atom stereocenters. The van der Waals surface area contributed by atoms with Gasteiger partial charge in [0.2, 0.25) is 0 Å². The zero-order valence-electron chi connectivity index (χ0n) is 17.0. The lowest BCUT2D eigenvalue weighted by Crippen LogP contribution is -2.54. The molecule has 1 aliphatic heterocycles. The van der Waals surface area contributed by atoms with Crippen molar-refractivity contribution < 1.29 is 22.1 Å². The van der Waals surface area contributed by atoms with Crippen molar-refractivity contribution in [2.24, 2.45) is 0 Å². The molecule has 0 spiro atoms. The van der Waals surface area contributed by atoms with Gasteiger partial charge in [0.25, 0.3) is 16.0 Å². The molecule has 0 aliphatic carbocycles. The molecule has 1 aliphatic rings. The van der Waals surface area contributed by atoms with Crippen LogP contribution in [0.15, 0.2) is 53.4 Å². The van der Waals surface area contributed by atoms with Crippen LogP contribution in [0.5, 0.6) is 5.75 Å². The van der Waals surface area contributed by atoms with Gasteiger partial charge in [-0.2, -0.15) is 8.42 Å². The summed E-state index contributed by atoms with van der Waals surface area (Å²) in [6, 6.07) is 13.5. The molecule has 0 aromatic heterocycles. The van der Waals surface area contributed by atoms with Gasteiger partial charge in [-0.1, -0.05) is 12.1 Å². The van der Waals surface area contributed by atoms with Crippen molar-refractivity contribution in [1.29, 1.82) is 0 Å². The third kappa shape index (κ3) is 4.71. The molecule has 1 heterocycles. The third-order valence-corrected chi connectivity index (χ3v) is 5.79. The van der Waals surface area contributed by atoms with E-state index in [2.05, 4.69) is 5.32 Å². The van der Waals surface area contributed by atoms with E-state index in [9.17, 15) is 13.2 Å². The van der Waals surface area contributed by atoms with Gasteiger partial charge in [-0.25, -0.2) is 0 Å². The minimum absolute atomic E-state index is 0.00240. The van der Waals surface area contributed by atoms with Crippen molar-refractivity contribution >= 4 is 27.4 Å². The van der Waals surface area contributed by atoms with E-state index < -0.39 is 15.7 Å². The monoisotopic (exact) mass is 418 g/mol. The summed E-state index contributed by atoms with van der Waals surface area (Å²) in [7, 11) is -3.94. The first-order valence-corrected chi connectivity index (χ1v) is 10.9. The lowest BCUT2D eigenvalue weighted by molar-refractivity contribution is -0.122. The van der Waals surface area contributed by atoms with Gasteiger partial charge < -0.3 is 15.0 Å². The highest BCUT2D eigenvalue weighted by molar-refractivity contribution is 7.86. The maximum Gasteiger partial charge on any atom is 0.297 e. The van der Waals surface area contributed by atoms with Crippen LogP contribution in [0.25, 0.3) is 0 Å². The number of hydrogen-bond acceptors (Lipinski definition) is 6. The standard InChI is InChI=1S/C21H26N2O5S/c1-15(2)28-16-9-11-17(12-10-16)29(25,26)27-14-13-23-19-8-6-5-7-18(19)22-21(3,4)20(23)24/h5-12,15,22H,13-14H2,1-4H3. The molecule has 0 saturated heterocycles. The lowest BCUT2D eigenvalue weighted by atomic mass is 9.98. The largest absolute Gasteiger partial charge is 0.491 e. The normalized spacial score (nSPS) is 15.8. The molecule has 0 atom stereocenters. The second kappa shape index (κ2) is 8.04. The van der Waals surface area contributed by atoms with Gasteiger partial charge in [0.15, 0.2) is 0 Å². The number of ether oxygens (including phenoxy) is 1. The topological polar surface area (TPSA) is 84.9 Å². The van der Waals surface area contributed by atoms with Crippen LogP contribution in [-0.4, -0.2) is 39.1 Å². The number of carbonyl (C=O) groups excluding carboxylic acids is 1. The summed E-state index contributed by atoms with van der Waals surface area (Å²) in [4.78, 5) is 14.4. The van der Waals surface area contributed by atoms with Crippen LogP contribution in [0.3, 0.4) is 0 Å². The Bertz CT molecular complexity index is 984. The number of carbonyl (C=O) groups is 1. The molecule has 0 saturated carbocycles. The van der Waals surface area contributed by atoms with E-state index in [0.29, 0.717) is 11.4 Å². The molecule has 8 heteroatoms. The first-order chi connectivity index (χ1) is 13.6. The number of rotatable bonds is 7. The SMILES string of the molecule is CC(C)Oc1ccc(S(=O)(=O)OCCN2C(=O)C(C)(C)Nc3ccccc32)cc1. The molecule has 1 amide bonds. The second-order valence-corrected chi connectivity index (χ2v) is 9.25. The minimum atomic E-state index is -3.94. The van der Waals surface area contributed by atoms with Crippen molar-refractivity contribution in [2.75, 3.05) is 23.4 Å². The van der Waals surface area contributed by atoms with Gasteiger partial charge in [0.1, 0.15) is 11.3 Å². The Balaban J connectivity index is 1.69. The molecule has 0 radical (unpaired) electrons. The molecule has 2 aromatic rings. The molecular weight excluding hydrogens is 392 g/mol. The third-order valence-electron chi connectivity index (χ3n) is 4.46. The number of fused-ring (bicyclic) bond motifs is 1. The summed E-state index contributed by atoms with van der Waals surface area (Å²) in [6.07, 6.45) is -0.00240. The van der Waals surface area contributed by atoms with Gasteiger partial charge in [-0.3, -0.25) is 8.98 Å². The minimum Gasteiger partial charge on any atom is -0.491 e. The van der Waals surface area contributed by atoms with E-state index in [0.717, 1.165) is 5.69 Å². The highest BCUT2D eigenvalue weighted by Crippen LogP contribution is 2.34. The lowest BCUT2D eigenvalue weighted by Gasteiger charge is -2.39. The van der Waals surface area contributed by atoms with Gasteiger partial charge >= 0.3 is 0 Å². The van der Waals surface area contributed by atoms with Crippen molar-refractivity contribution in [1.82, 2.24) is 0 Å². The number of benzene rings is 2. The Morgan fingerprint density at radius 1 is 1.07 bits per heavy atom. The fraction of sp³-hybridized carbons (Fsp3) is 0.381. The first-order valence-electron chi connectivity index (χ1n) is 9.45. The quantitative estimate of drug-likeness (QED) is 0.694. The molecule has 0 bridgehead atoms. The van der Waals surface area contributed by atoms with Crippen LogP contribution >= 0.6 is 0 Å². The summed E-state index contributed by atoms with van der Waals surface area (Å²) in [5.41, 5.74) is 0.730. The zero-order valence-corrected chi connectivity index (χ0v) is 17.8. The molecule has 0 fully saturated rings. The molecular formula is C21H26N2O5S.